The number of benzene rings is 2. The maximum atomic E-state index is 13.0. The summed E-state index contributed by atoms with van der Waals surface area (Å²) in [6.07, 6.45) is 1.37. The van der Waals surface area contributed by atoms with Gasteiger partial charge in [0.1, 0.15) is 6.04 Å². The highest BCUT2D eigenvalue weighted by atomic mass is 16.3. The molecule has 1 unspecified atom stereocenters. The minimum atomic E-state index is -0.942. The summed E-state index contributed by atoms with van der Waals surface area (Å²) < 4.78 is 5.07. The van der Waals surface area contributed by atoms with Crippen molar-refractivity contribution in [3.63, 3.8) is 0 Å². The Kier molecular flexibility index (Phi) is 7.59. The summed E-state index contributed by atoms with van der Waals surface area (Å²) in [5.74, 6) is -2.33. The largest absolute Gasteiger partial charge is 0.459 e. The molecule has 0 aliphatic carbocycles. The molecular weight excluding hydrogens is 424 g/mol. The number of hydrazine groups is 1. The van der Waals surface area contributed by atoms with Crippen LogP contribution >= 0.6 is 0 Å². The minimum absolute atomic E-state index is 0.0961. The van der Waals surface area contributed by atoms with Gasteiger partial charge in [-0.05, 0) is 42.3 Å². The average molecular weight is 448 g/mol. The van der Waals surface area contributed by atoms with E-state index in [0.29, 0.717) is 5.56 Å². The van der Waals surface area contributed by atoms with Gasteiger partial charge < -0.3 is 15.1 Å². The summed E-state index contributed by atoms with van der Waals surface area (Å²) in [6.45, 7) is 3.52. The molecule has 3 rings (SSSR count). The van der Waals surface area contributed by atoms with Gasteiger partial charge in [0.2, 0.25) is 0 Å². The normalized spacial score (nSPS) is 11.4. The fourth-order valence-electron chi connectivity index (χ4n) is 2.99. The molecule has 0 aliphatic heterocycles. The van der Waals surface area contributed by atoms with Crippen molar-refractivity contribution in [2.45, 2.75) is 19.9 Å². The molecule has 9 heteroatoms. The zero-order chi connectivity index (χ0) is 23.8. The Balaban J connectivity index is 1.67. The van der Waals surface area contributed by atoms with Crippen LogP contribution < -0.4 is 21.5 Å². The molecule has 2 aromatic carbocycles. The van der Waals surface area contributed by atoms with E-state index in [1.54, 1.807) is 68.4 Å². The first-order valence-electron chi connectivity index (χ1n) is 10.3. The van der Waals surface area contributed by atoms with Gasteiger partial charge in [-0.2, -0.15) is 0 Å². The van der Waals surface area contributed by atoms with E-state index in [-0.39, 0.29) is 22.9 Å². The van der Waals surface area contributed by atoms with Crippen LogP contribution in [0.1, 0.15) is 45.1 Å². The monoisotopic (exact) mass is 448 g/mol. The Morgan fingerprint density at radius 1 is 0.758 bits per heavy atom. The highest BCUT2D eigenvalue weighted by Gasteiger charge is 2.26. The van der Waals surface area contributed by atoms with Crippen LogP contribution in [0, 0.1) is 5.92 Å². The van der Waals surface area contributed by atoms with Gasteiger partial charge in [-0.25, -0.2) is 0 Å². The highest BCUT2D eigenvalue weighted by molar-refractivity contribution is 6.08. The Morgan fingerprint density at radius 3 is 2.12 bits per heavy atom. The van der Waals surface area contributed by atoms with E-state index in [1.807, 2.05) is 0 Å². The van der Waals surface area contributed by atoms with Crippen molar-refractivity contribution in [1.29, 1.82) is 0 Å². The first-order chi connectivity index (χ1) is 15.9. The molecule has 4 amide bonds. The zero-order valence-electron chi connectivity index (χ0n) is 18.1. The molecule has 1 heterocycles. The summed E-state index contributed by atoms with van der Waals surface area (Å²) in [5.41, 5.74) is 5.50. The molecule has 0 spiro atoms. The van der Waals surface area contributed by atoms with E-state index >= 15 is 0 Å². The van der Waals surface area contributed by atoms with Gasteiger partial charge in [0.15, 0.2) is 5.76 Å². The molecule has 0 saturated heterocycles. The number of carbonyl (C=O) groups excluding carboxylic acids is 4. The van der Waals surface area contributed by atoms with Crippen molar-refractivity contribution in [2.24, 2.45) is 5.92 Å². The van der Waals surface area contributed by atoms with Crippen LogP contribution in [0.15, 0.2) is 77.4 Å². The number of para-hydroxylation sites is 1. The van der Waals surface area contributed by atoms with Crippen LogP contribution in [0.3, 0.4) is 0 Å². The number of amides is 4. The van der Waals surface area contributed by atoms with Crippen LogP contribution in [-0.4, -0.2) is 29.7 Å². The number of furan rings is 1. The zero-order valence-corrected chi connectivity index (χ0v) is 18.1. The lowest BCUT2D eigenvalue weighted by Gasteiger charge is -2.22. The summed E-state index contributed by atoms with van der Waals surface area (Å²) in [6, 6.07) is 16.9. The molecule has 1 aromatic heterocycles. The molecule has 0 aliphatic rings. The molecule has 0 fully saturated rings. The second-order valence-electron chi connectivity index (χ2n) is 7.48. The topological polar surface area (TPSA) is 130 Å². The van der Waals surface area contributed by atoms with E-state index in [1.165, 1.54) is 18.4 Å². The average Bonchev–Trinajstić information content (AvgIpc) is 3.36. The maximum absolute atomic E-state index is 13.0. The van der Waals surface area contributed by atoms with Crippen molar-refractivity contribution in [2.75, 3.05) is 5.32 Å². The van der Waals surface area contributed by atoms with Gasteiger partial charge in [-0.1, -0.05) is 44.2 Å². The predicted molar refractivity (Wildman–Crippen MR) is 121 cm³/mol. The summed E-state index contributed by atoms with van der Waals surface area (Å²) in [7, 11) is 0. The highest BCUT2D eigenvalue weighted by Crippen LogP contribution is 2.17. The van der Waals surface area contributed by atoms with Gasteiger partial charge >= 0.3 is 0 Å². The fraction of sp³-hybridized carbons (Fsp3) is 0.167. The lowest BCUT2D eigenvalue weighted by Crippen LogP contribution is -2.54. The molecule has 170 valence electrons. The van der Waals surface area contributed by atoms with Crippen LogP contribution in [0.5, 0.6) is 0 Å². The van der Waals surface area contributed by atoms with Crippen molar-refractivity contribution < 1.29 is 23.6 Å². The van der Waals surface area contributed by atoms with Crippen LogP contribution in [0.2, 0.25) is 0 Å². The molecular formula is C24H24N4O5. The second kappa shape index (κ2) is 10.8. The van der Waals surface area contributed by atoms with E-state index in [0.717, 1.165) is 0 Å². The van der Waals surface area contributed by atoms with E-state index in [4.69, 9.17) is 4.42 Å². The SMILES string of the molecule is CC(C)C(NC(=O)c1ccccc1NC(=O)c1ccco1)C(=O)NNC(=O)c1ccccc1. The smallest absolute Gasteiger partial charge is 0.291 e. The summed E-state index contributed by atoms with van der Waals surface area (Å²) in [5, 5.41) is 5.30. The van der Waals surface area contributed by atoms with E-state index in [9.17, 15) is 19.2 Å². The third kappa shape index (κ3) is 6.07. The van der Waals surface area contributed by atoms with E-state index < -0.39 is 29.7 Å². The first-order valence-corrected chi connectivity index (χ1v) is 10.3. The molecule has 0 radical (unpaired) electrons. The quantitative estimate of drug-likeness (QED) is 0.413. The Hall–Kier alpha value is -4.40. The van der Waals surface area contributed by atoms with Crippen LogP contribution in [0.25, 0.3) is 0 Å². The Bertz CT molecular complexity index is 1130. The van der Waals surface area contributed by atoms with Gasteiger partial charge in [0.05, 0.1) is 17.5 Å². The van der Waals surface area contributed by atoms with Gasteiger partial charge in [-0.15, -0.1) is 0 Å². The standard InChI is InChI=1S/C24H24N4O5/c1-15(2)20(24(32)28-27-21(29)16-9-4-3-5-10-16)26-22(30)17-11-6-7-12-18(17)25-23(31)19-13-8-14-33-19/h3-15,20H,1-2H3,(H,25,31)(H,26,30)(H,27,29)(H,28,32). The molecule has 33 heavy (non-hydrogen) atoms. The molecule has 3 aromatic rings. The molecule has 9 nitrogen and oxygen atoms in total. The number of hydrogen-bond acceptors (Lipinski definition) is 5. The third-order valence-electron chi connectivity index (χ3n) is 4.74. The van der Waals surface area contributed by atoms with Crippen LogP contribution in [-0.2, 0) is 4.79 Å². The number of rotatable bonds is 7. The van der Waals surface area contributed by atoms with Gasteiger partial charge in [0, 0.05) is 5.56 Å². The number of carbonyl (C=O) groups is 4. The van der Waals surface area contributed by atoms with Crippen molar-refractivity contribution in [3.8, 4) is 0 Å². The predicted octanol–water partition coefficient (Wildman–Crippen LogP) is 2.75. The number of hydrogen-bond donors (Lipinski definition) is 4. The lowest BCUT2D eigenvalue weighted by molar-refractivity contribution is -0.124. The van der Waals surface area contributed by atoms with Gasteiger partial charge in [0.25, 0.3) is 23.6 Å². The molecule has 1 atom stereocenters. The van der Waals surface area contributed by atoms with Crippen molar-refractivity contribution in [1.82, 2.24) is 16.2 Å². The molecule has 4 N–H and O–H groups in total. The number of nitrogens with one attached hydrogen (secondary N) is 4. The van der Waals surface area contributed by atoms with Crippen LogP contribution in [0.4, 0.5) is 5.69 Å². The first kappa shape index (κ1) is 23.3. The van der Waals surface area contributed by atoms with Crippen molar-refractivity contribution in [3.05, 3.63) is 89.9 Å². The van der Waals surface area contributed by atoms with Crippen molar-refractivity contribution >= 4 is 29.3 Å². The Morgan fingerprint density at radius 2 is 1.45 bits per heavy atom. The Labute approximate surface area is 190 Å². The number of anilines is 1. The molecule has 0 bridgehead atoms. The molecule has 0 saturated carbocycles. The maximum Gasteiger partial charge on any atom is 0.291 e. The summed E-state index contributed by atoms with van der Waals surface area (Å²) >= 11 is 0. The summed E-state index contributed by atoms with van der Waals surface area (Å²) in [4.78, 5) is 50.1. The van der Waals surface area contributed by atoms with Gasteiger partial charge in [-0.3, -0.25) is 30.0 Å². The second-order valence-corrected chi connectivity index (χ2v) is 7.48. The lowest BCUT2D eigenvalue weighted by atomic mass is 10.0. The fourth-order valence-corrected chi connectivity index (χ4v) is 2.99. The third-order valence-corrected chi connectivity index (χ3v) is 4.74. The minimum Gasteiger partial charge on any atom is -0.459 e. The van der Waals surface area contributed by atoms with E-state index in [2.05, 4.69) is 21.5 Å².